The van der Waals surface area contributed by atoms with Crippen LogP contribution in [0.5, 0.6) is 5.75 Å². The highest BCUT2D eigenvalue weighted by atomic mass is 16.5. The summed E-state index contributed by atoms with van der Waals surface area (Å²) in [5.41, 5.74) is 0.892. The maximum atomic E-state index is 10.8. The van der Waals surface area contributed by atoms with E-state index in [1.807, 2.05) is 12.1 Å². The van der Waals surface area contributed by atoms with Crippen LogP contribution in [-0.2, 0) is 16.0 Å². The molecule has 0 unspecified atom stereocenters. The Balaban J connectivity index is 2.76. The monoisotopic (exact) mass is 206 g/mol. The SMILES string of the molecule is CC(=O)CCc1ccccc1OC(C)=O. The fraction of sp³-hybridized carbons (Fsp3) is 0.333. The molecule has 0 fully saturated rings. The lowest BCUT2D eigenvalue weighted by Gasteiger charge is -2.07. The molecule has 0 aliphatic carbocycles. The molecule has 0 aliphatic heterocycles. The highest BCUT2D eigenvalue weighted by Crippen LogP contribution is 2.19. The van der Waals surface area contributed by atoms with Gasteiger partial charge in [0.25, 0.3) is 0 Å². The van der Waals surface area contributed by atoms with Crippen molar-refractivity contribution in [2.75, 3.05) is 0 Å². The van der Waals surface area contributed by atoms with Crippen molar-refractivity contribution in [3.8, 4) is 5.75 Å². The van der Waals surface area contributed by atoms with Gasteiger partial charge in [0.05, 0.1) is 0 Å². The van der Waals surface area contributed by atoms with Gasteiger partial charge in [-0.05, 0) is 25.0 Å². The lowest BCUT2D eigenvalue weighted by molar-refractivity contribution is -0.131. The zero-order valence-electron chi connectivity index (χ0n) is 8.95. The Kier molecular flexibility index (Phi) is 4.03. The summed E-state index contributed by atoms with van der Waals surface area (Å²) in [6, 6.07) is 7.26. The van der Waals surface area contributed by atoms with Crippen LogP contribution in [0.4, 0.5) is 0 Å². The van der Waals surface area contributed by atoms with Gasteiger partial charge < -0.3 is 9.53 Å². The van der Waals surface area contributed by atoms with Gasteiger partial charge in [0.15, 0.2) is 0 Å². The molecule has 0 atom stereocenters. The molecular formula is C12H14O3. The van der Waals surface area contributed by atoms with Crippen molar-refractivity contribution in [3.05, 3.63) is 29.8 Å². The van der Waals surface area contributed by atoms with Crippen molar-refractivity contribution in [3.63, 3.8) is 0 Å². The van der Waals surface area contributed by atoms with Crippen molar-refractivity contribution >= 4 is 11.8 Å². The van der Waals surface area contributed by atoms with E-state index < -0.39 is 0 Å². The molecule has 0 bridgehead atoms. The summed E-state index contributed by atoms with van der Waals surface area (Å²) in [7, 11) is 0. The normalized spacial score (nSPS) is 9.73. The number of hydrogen-bond donors (Lipinski definition) is 0. The Labute approximate surface area is 89.1 Å². The molecule has 0 N–H and O–H groups in total. The predicted octanol–water partition coefficient (Wildman–Crippen LogP) is 2.13. The van der Waals surface area contributed by atoms with Gasteiger partial charge in [0, 0.05) is 13.3 Å². The van der Waals surface area contributed by atoms with Gasteiger partial charge in [-0.15, -0.1) is 0 Å². The van der Waals surface area contributed by atoms with E-state index in [2.05, 4.69) is 0 Å². The zero-order valence-corrected chi connectivity index (χ0v) is 8.95. The number of rotatable bonds is 4. The van der Waals surface area contributed by atoms with Crippen LogP contribution in [0.15, 0.2) is 24.3 Å². The minimum Gasteiger partial charge on any atom is -0.426 e. The van der Waals surface area contributed by atoms with E-state index in [1.165, 1.54) is 6.92 Å². The van der Waals surface area contributed by atoms with Gasteiger partial charge >= 0.3 is 5.97 Å². The van der Waals surface area contributed by atoms with Gasteiger partial charge in [-0.1, -0.05) is 18.2 Å². The van der Waals surface area contributed by atoms with Crippen molar-refractivity contribution < 1.29 is 14.3 Å². The molecule has 0 saturated carbocycles. The van der Waals surface area contributed by atoms with E-state index in [9.17, 15) is 9.59 Å². The maximum Gasteiger partial charge on any atom is 0.308 e. The first-order valence-corrected chi connectivity index (χ1v) is 4.85. The van der Waals surface area contributed by atoms with E-state index in [0.29, 0.717) is 18.6 Å². The Morgan fingerprint density at radius 3 is 2.47 bits per heavy atom. The minimum atomic E-state index is -0.342. The Morgan fingerprint density at radius 2 is 1.87 bits per heavy atom. The molecule has 0 aromatic heterocycles. The molecule has 0 heterocycles. The third-order valence-electron chi connectivity index (χ3n) is 1.97. The summed E-state index contributed by atoms with van der Waals surface area (Å²) in [5.74, 6) is 0.337. The van der Waals surface area contributed by atoms with Crippen LogP contribution in [0.3, 0.4) is 0 Å². The third-order valence-corrected chi connectivity index (χ3v) is 1.97. The average molecular weight is 206 g/mol. The van der Waals surface area contributed by atoms with E-state index in [-0.39, 0.29) is 11.8 Å². The molecule has 3 nitrogen and oxygen atoms in total. The van der Waals surface area contributed by atoms with Crippen LogP contribution in [0.1, 0.15) is 25.8 Å². The van der Waals surface area contributed by atoms with E-state index in [0.717, 1.165) is 5.56 Å². The van der Waals surface area contributed by atoms with Gasteiger partial charge in [-0.25, -0.2) is 0 Å². The van der Waals surface area contributed by atoms with E-state index in [4.69, 9.17) is 4.74 Å². The summed E-state index contributed by atoms with van der Waals surface area (Å²) < 4.78 is 5.03. The highest BCUT2D eigenvalue weighted by molar-refractivity contribution is 5.76. The Morgan fingerprint density at radius 1 is 1.20 bits per heavy atom. The first-order chi connectivity index (χ1) is 7.09. The van der Waals surface area contributed by atoms with E-state index >= 15 is 0 Å². The molecule has 0 radical (unpaired) electrons. The number of Topliss-reactive ketones (excluding diaryl/α,β-unsaturated/α-hetero) is 1. The zero-order chi connectivity index (χ0) is 11.3. The predicted molar refractivity (Wildman–Crippen MR) is 56.8 cm³/mol. The second kappa shape index (κ2) is 5.29. The Hall–Kier alpha value is -1.64. The van der Waals surface area contributed by atoms with Gasteiger partial charge in [-0.3, -0.25) is 4.79 Å². The number of carbonyl (C=O) groups excluding carboxylic acids is 2. The van der Waals surface area contributed by atoms with Gasteiger partial charge in [0.2, 0.25) is 0 Å². The summed E-state index contributed by atoms with van der Waals surface area (Å²) in [5, 5.41) is 0. The lowest BCUT2D eigenvalue weighted by atomic mass is 10.1. The van der Waals surface area contributed by atoms with Crippen LogP contribution in [-0.4, -0.2) is 11.8 Å². The second-order valence-electron chi connectivity index (χ2n) is 3.40. The number of ketones is 1. The molecule has 1 aromatic rings. The molecule has 1 rings (SSSR count). The topological polar surface area (TPSA) is 43.4 Å². The summed E-state index contributed by atoms with van der Waals surface area (Å²) in [6.07, 6.45) is 1.08. The van der Waals surface area contributed by atoms with Crippen molar-refractivity contribution in [2.24, 2.45) is 0 Å². The lowest BCUT2D eigenvalue weighted by Crippen LogP contribution is -2.04. The van der Waals surface area contributed by atoms with Crippen LogP contribution in [0.25, 0.3) is 0 Å². The molecule has 80 valence electrons. The molecular weight excluding hydrogens is 192 g/mol. The van der Waals surface area contributed by atoms with Crippen LogP contribution in [0.2, 0.25) is 0 Å². The molecule has 0 spiro atoms. The molecule has 0 aliphatic rings. The quantitative estimate of drug-likeness (QED) is 0.560. The summed E-state index contributed by atoms with van der Waals surface area (Å²) in [4.78, 5) is 21.7. The van der Waals surface area contributed by atoms with Gasteiger partial charge in [0.1, 0.15) is 11.5 Å². The fourth-order valence-corrected chi connectivity index (χ4v) is 1.28. The first kappa shape index (κ1) is 11.4. The number of para-hydroxylation sites is 1. The van der Waals surface area contributed by atoms with Crippen LogP contribution < -0.4 is 4.74 Å². The van der Waals surface area contributed by atoms with Crippen molar-refractivity contribution in [2.45, 2.75) is 26.7 Å². The molecule has 0 saturated heterocycles. The van der Waals surface area contributed by atoms with Crippen LogP contribution >= 0.6 is 0 Å². The van der Waals surface area contributed by atoms with Gasteiger partial charge in [-0.2, -0.15) is 0 Å². The third kappa shape index (κ3) is 3.94. The molecule has 0 amide bonds. The molecule has 15 heavy (non-hydrogen) atoms. The number of esters is 1. The molecule has 3 heteroatoms. The van der Waals surface area contributed by atoms with Crippen molar-refractivity contribution in [1.82, 2.24) is 0 Å². The fourth-order valence-electron chi connectivity index (χ4n) is 1.28. The van der Waals surface area contributed by atoms with E-state index in [1.54, 1.807) is 19.1 Å². The number of benzene rings is 1. The van der Waals surface area contributed by atoms with Crippen molar-refractivity contribution in [1.29, 1.82) is 0 Å². The number of hydrogen-bond acceptors (Lipinski definition) is 3. The largest absolute Gasteiger partial charge is 0.426 e. The van der Waals surface area contributed by atoms with Crippen LogP contribution in [0, 0.1) is 0 Å². The Bertz CT molecular complexity index is 369. The number of ether oxygens (including phenoxy) is 1. The first-order valence-electron chi connectivity index (χ1n) is 4.85. The minimum absolute atomic E-state index is 0.132. The molecule has 1 aromatic carbocycles. The summed E-state index contributed by atoms with van der Waals surface area (Å²) in [6.45, 7) is 2.91. The summed E-state index contributed by atoms with van der Waals surface area (Å²) >= 11 is 0. The number of aryl methyl sites for hydroxylation is 1. The smallest absolute Gasteiger partial charge is 0.308 e. The maximum absolute atomic E-state index is 10.8. The number of carbonyl (C=O) groups is 2. The average Bonchev–Trinajstić information content (AvgIpc) is 2.15. The highest BCUT2D eigenvalue weighted by Gasteiger charge is 2.05. The standard InChI is InChI=1S/C12H14O3/c1-9(13)7-8-11-5-3-4-6-12(11)15-10(2)14/h3-6H,7-8H2,1-2H3. The second-order valence-corrected chi connectivity index (χ2v) is 3.40.